The van der Waals surface area contributed by atoms with Gasteiger partial charge in [-0.25, -0.2) is 0 Å². The first-order valence-corrected chi connectivity index (χ1v) is 9.53. The largest absolute Gasteiger partial charge is 0.416 e. The van der Waals surface area contributed by atoms with E-state index in [0.717, 1.165) is 11.1 Å². The molecule has 0 atom stereocenters. The lowest BCUT2D eigenvalue weighted by Crippen LogP contribution is -2.10. The number of aryl methyl sites for hydroxylation is 1. The van der Waals surface area contributed by atoms with E-state index in [9.17, 15) is 0 Å². The topological polar surface area (TPSA) is 38.9 Å². The van der Waals surface area contributed by atoms with Crippen LogP contribution >= 0.6 is 0 Å². The Hall–Kier alpha value is -3.20. The van der Waals surface area contributed by atoms with Crippen LogP contribution in [-0.2, 0) is 5.41 Å². The molecule has 4 rings (SSSR count). The van der Waals surface area contributed by atoms with Gasteiger partial charge in [0.15, 0.2) is 0 Å². The number of hydrogen-bond acceptors (Lipinski definition) is 3. The maximum Gasteiger partial charge on any atom is 0.248 e. The summed E-state index contributed by atoms with van der Waals surface area (Å²) in [6.45, 7) is 8.73. The Balaban J connectivity index is 1.58. The summed E-state index contributed by atoms with van der Waals surface area (Å²) in [6.07, 6.45) is 0. The highest BCUT2D eigenvalue weighted by Crippen LogP contribution is 2.29. The molecule has 1 heterocycles. The normalized spacial score (nSPS) is 11.6. The standard InChI is InChI=1S/C25H24N2O/c1-17-7-5-6-8-22(17)18-9-11-19(12-10-18)23-26-27-24(28-23)20-13-15-21(16-14-20)25(2,3)4/h5-16H,1-4H3. The van der Waals surface area contributed by atoms with Crippen LogP contribution < -0.4 is 0 Å². The molecular formula is C25H24N2O. The minimum Gasteiger partial charge on any atom is -0.416 e. The van der Waals surface area contributed by atoms with Crippen LogP contribution in [0.5, 0.6) is 0 Å². The van der Waals surface area contributed by atoms with Crippen molar-refractivity contribution in [2.45, 2.75) is 33.1 Å². The lowest BCUT2D eigenvalue weighted by molar-refractivity contribution is 0.582. The maximum atomic E-state index is 5.93. The van der Waals surface area contributed by atoms with Crippen molar-refractivity contribution in [3.8, 4) is 34.0 Å². The summed E-state index contributed by atoms with van der Waals surface area (Å²) in [4.78, 5) is 0. The van der Waals surface area contributed by atoms with Crippen molar-refractivity contribution >= 4 is 0 Å². The lowest BCUT2D eigenvalue weighted by Gasteiger charge is -2.18. The van der Waals surface area contributed by atoms with Gasteiger partial charge in [-0.15, -0.1) is 10.2 Å². The first-order valence-electron chi connectivity index (χ1n) is 9.53. The second-order valence-electron chi connectivity index (χ2n) is 8.13. The fourth-order valence-corrected chi connectivity index (χ4v) is 3.26. The molecule has 0 saturated heterocycles. The highest BCUT2D eigenvalue weighted by atomic mass is 16.4. The van der Waals surface area contributed by atoms with Crippen molar-refractivity contribution in [1.82, 2.24) is 10.2 Å². The van der Waals surface area contributed by atoms with E-state index in [1.807, 2.05) is 24.3 Å². The van der Waals surface area contributed by atoms with Crippen LogP contribution in [0.15, 0.2) is 77.2 Å². The second kappa shape index (κ2) is 7.08. The van der Waals surface area contributed by atoms with E-state index in [1.165, 1.54) is 22.3 Å². The number of nitrogens with zero attached hydrogens (tertiary/aromatic N) is 2. The second-order valence-corrected chi connectivity index (χ2v) is 8.13. The highest BCUT2D eigenvalue weighted by Gasteiger charge is 2.15. The predicted molar refractivity (Wildman–Crippen MR) is 114 cm³/mol. The molecule has 0 spiro atoms. The fraction of sp³-hybridized carbons (Fsp3) is 0.200. The van der Waals surface area contributed by atoms with Gasteiger partial charge in [0.25, 0.3) is 0 Å². The minimum atomic E-state index is 0.122. The number of benzene rings is 3. The summed E-state index contributed by atoms with van der Waals surface area (Å²) in [5, 5.41) is 8.47. The van der Waals surface area contributed by atoms with Gasteiger partial charge in [-0.05, 0) is 58.9 Å². The smallest absolute Gasteiger partial charge is 0.248 e. The van der Waals surface area contributed by atoms with Gasteiger partial charge < -0.3 is 4.42 Å². The third kappa shape index (κ3) is 3.61. The van der Waals surface area contributed by atoms with E-state index < -0.39 is 0 Å². The summed E-state index contributed by atoms with van der Waals surface area (Å²) in [5.74, 6) is 1.07. The molecule has 0 aliphatic rings. The van der Waals surface area contributed by atoms with E-state index in [-0.39, 0.29) is 5.41 Å². The van der Waals surface area contributed by atoms with E-state index in [1.54, 1.807) is 0 Å². The Labute approximate surface area is 166 Å². The Kier molecular flexibility index (Phi) is 4.60. The molecule has 0 unspecified atom stereocenters. The molecule has 0 amide bonds. The van der Waals surface area contributed by atoms with Crippen molar-refractivity contribution < 1.29 is 4.42 Å². The van der Waals surface area contributed by atoms with Crippen LogP contribution in [-0.4, -0.2) is 10.2 Å². The molecule has 3 aromatic carbocycles. The molecule has 0 bridgehead atoms. The summed E-state index contributed by atoms with van der Waals surface area (Å²) in [6, 6.07) is 25.0. The summed E-state index contributed by atoms with van der Waals surface area (Å²) < 4.78 is 5.93. The lowest BCUT2D eigenvalue weighted by atomic mass is 9.87. The van der Waals surface area contributed by atoms with Crippen LogP contribution in [0.3, 0.4) is 0 Å². The van der Waals surface area contributed by atoms with Gasteiger partial charge in [-0.3, -0.25) is 0 Å². The van der Waals surface area contributed by atoms with Gasteiger partial charge in [-0.2, -0.15) is 0 Å². The Morgan fingerprint density at radius 2 is 1.14 bits per heavy atom. The molecule has 28 heavy (non-hydrogen) atoms. The SMILES string of the molecule is Cc1ccccc1-c1ccc(-c2nnc(-c3ccc(C(C)(C)C)cc3)o2)cc1. The average molecular weight is 368 g/mol. The minimum absolute atomic E-state index is 0.122. The van der Waals surface area contributed by atoms with Gasteiger partial charge in [0.1, 0.15) is 0 Å². The molecule has 3 nitrogen and oxygen atoms in total. The van der Waals surface area contributed by atoms with Crippen molar-refractivity contribution in [2.24, 2.45) is 0 Å². The van der Waals surface area contributed by atoms with Gasteiger partial charge in [-0.1, -0.05) is 69.3 Å². The quantitative estimate of drug-likeness (QED) is 0.405. The molecule has 3 heteroatoms. The monoisotopic (exact) mass is 368 g/mol. The third-order valence-corrected chi connectivity index (χ3v) is 5.01. The van der Waals surface area contributed by atoms with Crippen LogP contribution in [0.4, 0.5) is 0 Å². The zero-order valence-electron chi connectivity index (χ0n) is 16.7. The van der Waals surface area contributed by atoms with Gasteiger partial charge in [0.05, 0.1) is 0 Å². The molecule has 0 saturated carbocycles. The van der Waals surface area contributed by atoms with Crippen molar-refractivity contribution in [1.29, 1.82) is 0 Å². The molecule has 1 aromatic heterocycles. The van der Waals surface area contributed by atoms with Crippen LogP contribution in [0.25, 0.3) is 34.0 Å². The van der Waals surface area contributed by atoms with Crippen molar-refractivity contribution in [3.05, 3.63) is 83.9 Å². The van der Waals surface area contributed by atoms with Crippen LogP contribution in [0, 0.1) is 6.92 Å². The van der Waals surface area contributed by atoms with Crippen LogP contribution in [0.2, 0.25) is 0 Å². The number of rotatable bonds is 3. The van der Waals surface area contributed by atoms with E-state index in [0.29, 0.717) is 11.8 Å². The first kappa shape index (κ1) is 18.2. The molecule has 140 valence electrons. The predicted octanol–water partition coefficient (Wildman–Crippen LogP) is 6.68. The summed E-state index contributed by atoms with van der Waals surface area (Å²) >= 11 is 0. The Morgan fingerprint density at radius 3 is 1.68 bits per heavy atom. The van der Waals surface area contributed by atoms with Gasteiger partial charge >= 0.3 is 0 Å². The fourth-order valence-electron chi connectivity index (χ4n) is 3.26. The highest BCUT2D eigenvalue weighted by molar-refractivity contribution is 5.70. The van der Waals surface area contributed by atoms with Crippen molar-refractivity contribution in [2.75, 3.05) is 0 Å². The zero-order chi connectivity index (χ0) is 19.7. The molecule has 0 radical (unpaired) electrons. The molecule has 4 aromatic rings. The van der Waals surface area contributed by atoms with Crippen LogP contribution in [0.1, 0.15) is 31.9 Å². The molecule has 0 N–H and O–H groups in total. The van der Waals surface area contributed by atoms with Gasteiger partial charge in [0, 0.05) is 11.1 Å². The van der Waals surface area contributed by atoms with Gasteiger partial charge in [0.2, 0.25) is 11.8 Å². The first-order chi connectivity index (χ1) is 13.4. The molecule has 0 aliphatic heterocycles. The third-order valence-electron chi connectivity index (χ3n) is 5.01. The number of hydrogen-bond donors (Lipinski definition) is 0. The zero-order valence-corrected chi connectivity index (χ0v) is 16.7. The summed E-state index contributed by atoms with van der Waals surface area (Å²) in [7, 11) is 0. The Bertz CT molecular complexity index is 1080. The van der Waals surface area contributed by atoms with E-state index >= 15 is 0 Å². The number of aromatic nitrogens is 2. The van der Waals surface area contributed by atoms with E-state index in [4.69, 9.17) is 4.42 Å². The Morgan fingerprint density at radius 1 is 0.643 bits per heavy atom. The summed E-state index contributed by atoms with van der Waals surface area (Å²) in [5.41, 5.74) is 6.93. The molecule has 0 aliphatic carbocycles. The average Bonchev–Trinajstić information content (AvgIpc) is 3.18. The molecular weight excluding hydrogens is 344 g/mol. The van der Waals surface area contributed by atoms with Crippen molar-refractivity contribution in [3.63, 3.8) is 0 Å². The van der Waals surface area contributed by atoms with E-state index in [2.05, 4.69) is 86.4 Å². The molecule has 0 fully saturated rings. The maximum absolute atomic E-state index is 5.93.